The van der Waals surface area contributed by atoms with Crippen LogP contribution in [0.25, 0.3) is 28.5 Å². The Balaban J connectivity index is 1.86. The number of anilines is 1. The van der Waals surface area contributed by atoms with Gasteiger partial charge >= 0.3 is 0 Å². The molecule has 26 heavy (non-hydrogen) atoms. The average molecular weight is 349 g/mol. The SMILES string of the molecule is Cc1ccc(C)n1-c1nccc(-c2c(-c3ccc(F)cc3)noc2N)n1. The lowest BCUT2D eigenvalue weighted by molar-refractivity contribution is 0.439. The second-order valence-corrected chi connectivity index (χ2v) is 5.97. The Bertz CT molecular complexity index is 1060. The van der Waals surface area contributed by atoms with Crippen LogP contribution in [0.3, 0.4) is 0 Å². The molecule has 7 heteroatoms. The molecule has 0 aliphatic rings. The fourth-order valence-corrected chi connectivity index (χ4v) is 2.93. The van der Waals surface area contributed by atoms with Crippen LogP contribution in [0.2, 0.25) is 0 Å². The van der Waals surface area contributed by atoms with Gasteiger partial charge in [0.25, 0.3) is 0 Å². The van der Waals surface area contributed by atoms with Crippen LogP contribution in [-0.2, 0) is 0 Å². The molecule has 0 fully saturated rings. The Kier molecular flexibility index (Phi) is 3.76. The zero-order chi connectivity index (χ0) is 18.3. The first kappa shape index (κ1) is 16.0. The maximum Gasteiger partial charge on any atom is 0.234 e. The van der Waals surface area contributed by atoms with Crippen LogP contribution in [0.1, 0.15) is 11.4 Å². The van der Waals surface area contributed by atoms with Crippen LogP contribution in [0.15, 0.2) is 53.2 Å². The maximum atomic E-state index is 13.2. The van der Waals surface area contributed by atoms with E-state index in [1.165, 1.54) is 12.1 Å². The van der Waals surface area contributed by atoms with E-state index in [1.54, 1.807) is 24.4 Å². The molecule has 3 aromatic heterocycles. The number of halogens is 1. The lowest BCUT2D eigenvalue weighted by Crippen LogP contribution is -2.05. The van der Waals surface area contributed by atoms with Gasteiger partial charge in [0.1, 0.15) is 11.5 Å². The molecule has 2 N–H and O–H groups in total. The van der Waals surface area contributed by atoms with Crippen LogP contribution in [0.4, 0.5) is 10.3 Å². The second kappa shape index (κ2) is 6.11. The van der Waals surface area contributed by atoms with Gasteiger partial charge in [-0.1, -0.05) is 5.16 Å². The molecule has 0 saturated carbocycles. The number of aromatic nitrogens is 4. The molecule has 1 aromatic carbocycles. The summed E-state index contributed by atoms with van der Waals surface area (Å²) in [6, 6.07) is 11.7. The zero-order valence-electron chi connectivity index (χ0n) is 14.3. The molecule has 6 nitrogen and oxygen atoms in total. The maximum absolute atomic E-state index is 13.2. The van der Waals surface area contributed by atoms with Gasteiger partial charge in [-0.25, -0.2) is 14.4 Å². The molecular weight excluding hydrogens is 333 g/mol. The van der Waals surface area contributed by atoms with Crippen molar-refractivity contribution in [3.63, 3.8) is 0 Å². The van der Waals surface area contributed by atoms with Gasteiger partial charge < -0.3 is 10.3 Å². The average Bonchev–Trinajstić information content (AvgIpc) is 3.18. The first-order chi connectivity index (χ1) is 12.5. The number of hydrogen-bond donors (Lipinski definition) is 1. The molecule has 4 rings (SSSR count). The van der Waals surface area contributed by atoms with Crippen molar-refractivity contribution < 1.29 is 8.91 Å². The predicted molar refractivity (Wildman–Crippen MR) is 96.1 cm³/mol. The lowest BCUT2D eigenvalue weighted by atomic mass is 10.1. The van der Waals surface area contributed by atoms with Gasteiger partial charge in [0.05, 0.1) is 11.3 Å². The van der Waals surface area contributed by atoms with E-state index in [2.05, 4.69) is 15.1 Å². The minimum atomic E-state index is -0.324. The quantitative estimate of drug-likeness (QED) is 0.606. The number of aryl methyl sites for hydroxylation is 2. The van der Waals surface area contributed by atoms with Crippen molar-refractivity contribution in [3.05, 3.63) is 65.9 Å². The Morgan fingerprint density at radius 1 is 1.00 bits per heavy atom. The molecule has 130 valence electrons. The fourth-order valence-electron chi connectivity index (χ4n) is 2.93. The van der Waals surface area contributed by atoms with Crippen molar-refractivity contribution in [2.45, 2.75) is 13.8 Å². The van der Waals surface area contributed by atoms with Crippen molar-refractivity contribution in [3.8, 4) is 28.5 Å². The number of rotatable bonds is 3. The monoisotopic (exact) mass is 349 g/mol. The molecule has 3 heterocycles. The molecule has 0 unspecified atom stereocenters. The third-order valence-electron chi connectivity index (χ3n) is 4.21. The van der Waals surface area contributed by atoms with E-state index >= 15 is 0 Å². The Hall–Kier alpha value is -3.48. The van der Waals surface area contributed by atoms with E-state index in [-0.39, 0.29) is 11.7 Å². The highest BCUT2D eigenvalue weighted by molar-refractivity contribution is 5.85. The van der Waals surface area contributed by atoms with Crippen molar-refractivity contribution in [1.82, 2.24) is 19.7 Å². The molecule has 0 saturated heterocycles. The smallest absolute Gasteiger partial charge is 0.234 e. The molecule has 0 aliphatic heterocycles. The van der Waals surface area contributed by atoms with Crippen LogP contribution < -0.4 is 5.73 Å². The molecule has 0 radical (unpaired) electrons. The summed E-state index contributed by atoms with van der Waals surface area (Å²) < 4.78 is 20.4. The predicted octanol–water partition coefficient (Wildman–Crippen LogP) is 3.93. The minimum Gasteiger partial charge on any atom is -0.367 e. The highest BCUT2D eigenvalue weighted by atomic mass is 19.1. The van der Waals surface area contributed by atoms with Crippen LogP contribution in [0.5, 0.6) is 0 Å². The number of nitrogens with zero attached hydrogens (tertiary/aromatic N) is 4. The van der Waals surface area contributed by atoms with Gasteiger partial charge in [-0.15, -0.1) is 0 Å². The summed E-state index contributed by atoms with van der Waals surface area (Å²) in [4.78, 5) is 9.01. The Morgan fingerprint density at radius 2 is 1.69 bits per heavy atom. The summed E-state index contributed by atoms with van der Waals surface area (Å²) in [6.07, 6.45) is 1.66. The van der Waals surface area contributed by atoms with Crippen molar-refractivity contribution in [1.29, 1.82) is 0 Å². The lowest BCUT2D eigenvalue weighted by Gasteiger charge is -2.09. The summed E-state index contributed by atoms with van der Waals surface area (Å²) in [7, 11) is 0. The van der Waals surface area contributed by atoms with Gasteiger partial charge in [-0.3, -0.25) is 4.57 Å². The first-order valence-electron chi connectivity index (χ1n) is 8.04. The van der Waals surface area contributed by atoms with Gasteiger partial charge in [-0.2, -0.15) is 0 Å². The summed E-state index contributed by atoms with van der Waals surface area (Å²) in [5.41, 5.74) is 10.4. The minimum absolute atomic E-state index is 0.148. The van der Waals surface area contributed by atoms with Crippen LogP contribution in [-0.4, -0.2) is 19.7 Å². The normalized spacial score (nSPS) is 11.0. The summed E-state index contributed by atoms with van der Waals surface area (Å²) >= 11 is 0. The fraction of sp³-hybridized carbons (Fsp3) is 0.105. The zero-order valence-corrected chi connectivity index (χ0v) is 14.3. The Morgan fingerprint density at radius 3 is 2.38 bits per heavy atom. The number of hydrogen-bond acceptors (Lipinski definition) is 5. The van der Waals surface area contributed by atoms with Crippen molar-refractivity contribution in [2.24, 2.45) is 0 Å². The summed E-state index contributed by atoms with van der Waals surface area (Å²) in [6.45, 7) is 3.97. The molecule has 4 aromatic rings. The number of nitrogens with two attached hydrogens (primary N) is 1. The summed E-state index contributed by atoms with van der Waals surface area (Å²) in [5.74, 6) is 0.359. The largest absolute Gasteiger partial charge is 0.367 e. The van der Waals surface area contributed by atoms with Crippen LogP contribution >= 0.6 is 0 Å². The molecule has 0 atom stereocenters. The third kappa shape index (κ3) is 2.63. The standard InChI is InChI=1S/C19H16FN5O/c1-11-3-4-12(2)25(11)19-22-10-9-15(23-19)16-17(24-26-18(16)21)13-5-7-14(20)8-6-13/h3-10H,21H2,1-2H3. The van der Waals surface area contributed by atoms with Crippen LogP contribution in [0, 0.1) is 19.7 Å². The number of nitrogen functional groups attached to an aromatic ring is 1. The van der Waals surface area contributed by atoms with Gasteiger partial charge in [0, 0.05) is 23.1 Å². The second-order valence-electron chi connectivity index (χ2n) is 5.97. The third-order valence-corrected chi connectivity index (χ3v) is 4.21. The van der Waals surface area contributed by atoms with E-state index < -0.39 is 0 Å². The van der Waals surface area contributed by atoms with Gasteiger partial charge in [-0.05, 0) is 56.3 Å². The van der Waals surface area contributed by atoms with E-state index in [0.29, 0.717) is 28.5 Å². The highest BCUT2D eigenvalue weighted by Gasteiger charge is 2.20. The molecular formula is C19H16FN5O. The number of benzene rings is 1. The first-order valence-corrected chi connectivity index (χ1v) is 8.04. The molecule has 0 aliphatic carbocycles. The van der Waals surface area contributed by atoms with Gasteiger partial charge in [0.2, 0.25) is 11.8 Å². The Labute approximate surface area is 149 Å². The molecule has 0 spiro atoms. The van der Waals surface area contributed by atoms with E-state index in [4.69, 9.17) is 10.3 Å². The van der Waals surface area contributed by atoms with E-state index in [0.717, 1.165) is 11.4 Å². The summed E-state index contributed by atoms with van der Waals surface area (Å²) in [5, 5.41) is 4.03. The van der Waals surface area contributed by atoms with Gasteiger partial charge in [0.15, 0.2) is 0 Å². The van der Waals surface area contributed by atoms with Crippen molar-refractivity contribution >= 4 is 5.88 Å². The highest BCUT2D eigenvalue weighted by Crippen LogP contribution is 2.35. The molecule has 0 amide bonds. The van der Waals surface area contributed by atoms with E-state index in [9.17, 15) is 4.39 Å². The molecule has 0 bridgehead atoms. The topological polar surface area (TPSA) is 82.8 Å². The van der Waals surface area contributed by atoms with Crippen molar-refractivity contribution in [2.75, 3.05) is 5.73 Å². The van der Waals surface area contributed by atoms with E-state index in [1.807, 2.05) is 30.5 Å².